The number of nitrogen functional groups attached to an aromatic ring is 1. The Labute approximate surface area is 129 Å². The van der Waals surface area contributed by atoms with Gasteiger partial charge in [0.15, 0.2) is 11.5 Å². The first-order valence-electron chi connectivity index (χ1n) is 7.37. The maximum atomic E-state index is 6.22. The first-order valence-corrected chi connectivity index (χ1v) is 7.37. The summed E-state index contributed by atoms with van der Waals surface area (Å²) in [6.45, 7) is 5.06. The fraction of sp³-hybridized carbons (Fsp3) is 0.235. The Morgan fingerprint density at radius 1 is 1.05 bits per heavy atom. The van der Waals surface area contributed by atoms with Crippen LogP contribution in [0, 0.1) is 0 Å². The number of anilines is 1. The molecule has 114 valence electrons. The van der Waals surface area contributed by atoms with E-state index in [0.717, 1.165) is 22.7 Å². The van der Waals surface area contributed by atoms with Crippen molar-refractivity contribution in [1.29, 1.82) is 0 Å². The molecule has 2 N–H and O–H groups in total. The Morgan fingerprint density at radius 2 is 1.82 bits per heavy atom. The second kappa shape index (κ2) is 5.97. The van der Waals surface area contributed by atoms with Gasteiger partial charge in [-0.25, -0.2) is 4.98 Å². The predicted molar refractivity (Wildman–Crippen MR) is 87.4 cm³/mol. The minimum absolute atomic E-state index is 0.574. The van der Waals surface area contributed by atoms with E-state index in [1.807, 2.05) is 60.8 Å². The SMILES string of the molecule is CCOc1ccc(-c2nc3ccccn3c2N)cc1OCC. The van der Waals surface area contributed by atoms with Crippen molar-refractivity contribution in [2.45, 2.75) is 13.8 Å². The number of rotatable bonds is 5. The Balaban J connectivity index is 2.10. The zero-order valence-corrected chi connectivity index (χ0v) is 12.7. The molecule has 0 bridgehead atoms. The highest BCUT2D eigenvalue weighted by atomic mass is 16.5. The van der Waals surface area contributed by atoms with E-state index in [9.17, 15) is 0 Å². The number of nitrogens with zero attached hydrogens (tertiary/aromatic N) is 2. The van der Waals surface area contributed by atoms with Crippen molar-refractivity contribution in [2.75, 3.05) is 18.9 Å². The maximum absolute atomic E-state index is 6.22. The number of imidazole rings is 1. The van der Waals surface area contributed by atoms with Crippen molar-refractivity contribution < 1.29 is 9.47 Å². The van der Waals surface area contributed by atoms with Crippen LogP contribution < -0.4 is 15.2 Å². The van der Waals surface area contributed by atoms with E-state index in [0.29, 0.717) is 24.8 Å². The van der Waals surface area contributed by atoms with Gasteiger partial charge >= 0.3 is 0 Å². The first-order chi connectivity index (χ1) is 10.7. The van der Waals surface area contributed by atoms with E-state index in [1.165, 1.54) is 0 Å². The zero-order chi connectivity index (χ0) is 15.5. The van der Waals surface area contributed by atoms with Gasteiger partial charge in [0.05, 0.1) is 13.2 Å². The van der Waals surface area contributed by atoms with Gasteiger partial charge in [-0.2, -0.15) is 0 Å². The summed E-state index contributed by atoms with van der Waals surface area (Å²) in [7, 11) is 0. The van der Waals surface area contributed by atoms with Crippen LogP contribution in [-0.2, 0) is 0 Å². The van der Waals surface area contributed by atoms with Gasteiger partial charge in [0.2, 0.25) is 0 Å². The molecule has 0 aliphatic rings. The quantitative estimate of drug-likeness (QED) is 0.784. The Bertz CT molecular complexity index is 796. The predicted octanol–water partition coefficient (Wildman–Crippen LogP) is 3.38. The van der Waals surface area contributed by atoms with Crippen molar-refractivity contribution >= 4 is 11.5 Å². The van der Waals surface area contributed by atoms with Crippen LogP contribution in [0.15, 0.2) is 42.6 Å². The molecule has 0 fully saturated rings. The summed E-state index contributed by atoms with van der Waals surface area (Å²) < 4.78 is 13.1. The van der Waals surface area contributed by atoms with Gasteiger partial charge in [-0.1, -0.05) is 6.07 Å². The van der Waals surface area contributed by atoms with E-state index < -0.39 is 0 Å². The van der Waals surface area contributed by atoms with E-state index in [2.05, 4.69) is 4.98 Å². The second-order valence-corrected chi connectivity index (χ2v) is 4.80. The van der Waals surface area contributed by atoms with Gasteiger partial charge < -0.3 is 15.2 Å². The normalized spacial score (nSPS) is 10.8. The van der Waals surface area contributed by atoms with Crippen LogP contribution in [-0.4, -0.2) is 22.6 Å². The average Bonchev–Trinajstić information content (AvgIpc) is 2.87. The van der Waals surface area contributed by atoms with Gasteiger partial charge in [-0.3, -0.25) is 4.40 Å². The third kappa shape index (κ3) is 2.45. The Morgan fingerprint density at radius 3 is 2.55 bits per heavy atom. The molecule has 0 radical (unpaired) electrons. The first kappa shape index (κ1) is 14.3. The molecule has 3 rings (SSSR count). The van der Waals surface area contributed by atoms with Crippen molar-refractivity contribution in [3.05, 3.63) is 42.6 Å². The topological polar surface area (TPSA) is 61.8 Å². The number of aromatic nitrogens is 2. The molecular formula is C17H19N3O2. The molecule has 0 saturated carbocycles. The minimum atomic E-state index is 0.574. The molecule has 5 heteroatoms. The highest BCUT2D eigenvalue weighted by Gasteiger charge is 2.14. The number of hydrogen-bond acceptors (Lipinski definition) is 4. The van der Waals surface area contributed by atoms with E-state index in [4.69, 9.17) is 15.2 Å². The summed E-state index contributed by atoms with van der Waals surface area (Å²) in [4.78, 5) is 4.60. The summed E-state index contributed by atoms with van der Waals surface area (Å²) in [6.07, 6.45) is 1.90. The van der Waals surface area contributed by atoms with E-state index in [-0.39, 0.29) is 0 Å². The lowest BCUT2D eigenvalue weighted by Gasteiger charge is -2.12. The monoisotopic (exact) mass is 297 g/mol. The largest absolute Gasteiger partial charge is 0.490 e. The summed E-state index contributed by atoms with van der Waals surface area (Å²) in [5.41, 5.74) is 8.70. The van der Waals surface area contributed by atoms with E-state index >= 15 is 0 Å². The van der Waals surface area contributed by atoms with Crippen LogP contribution >= 0.6 is 0 Å². The van der Waals surface area contributed by atoms with Crippen LogP contribution in [0.1, 0.15) is 13.8 Å². The second-order valence-electron chi connectivity index (χ2n) is 4.80. The van der Waals surface area contributed by atoms with Crippen molar-refractivity contribution in [1.82, 2.24) is 9.38 Å². The zero-order valence-electron chi connectivity index (χ0n) is 12.7. The third-order valence-corrected chi connectivity index (χ3v) is 3.38. The number of benzene rings is 1. The number of hydrogen-bond donors (Lipinski definition) is 1. The molecule has 2 heterocycles. The molecular weight excluding hydrogens is 278 g/mol. The highest BCUT2D eigenvalue weighted by Crippen LogP contribution is 2.34. The molecule has 5 nitrogen and oxygen atoms in total. The molecule has 22 heavy (non-hydrogen) atoms. The maximum Gasteiger partial charge on any atom is 0.161 e. The summed E-state index contributed by atoms with van der Waals surface area (Å²) >= 11 is 0. The van der Waals surface area contributed by atoms with Crippen LogP contribution in [0.4, 0.5) is 5.82 Å². The Kier molecular flexibility index (Phi) is 3.87. The van der Waals surface area contributed by atoms with Gasteiger partial charge in [0.25, 0.3) is 0 Å². The van der Waals surface area contributed by atoms with Crippen LogP contribution in [0.2, 0.25) is 0 Å². The molecule has 2 aromatic heterocycles. The smallest absolute Gasteiger partial charge is 0.161 e. The van der Waals surface area contributed by atoms with Crippen LogP contribution in [0.25, 0.3) is 16.9 Å². The average molecular weight is 297 g/mol. The van der Waals surface area contributed by atoms with Gasteiger partial charge in [-0.15, -0.1) is 0 Å². The minimum Gasteiger partial charge on any atom is -0.490 e. The fourth-order valence-electron chi connectivity index (χ4n) is 2.43. The molecule has 0 atom stereocenters. The molecule has 0 amide bonds. The van der Waals surface area contributed by atoms with Crippen molar-refractivity contribution in [2.24, 2.45) is 0 Å². The summed E-state index contributed by atoms with van der Waals surface area (Å²) in [5, 5.41) is 0. The standard InChI is InChI=1S/C17H19N3O2/c1-3-21-13-9-8-12(11-14(13)22-4-2)16-17(18)20-10-6-5-7-15(20)19-16/h5-11H,3-4,18H2,1-2H3. The van der Waals surface area contributed by atoms with Gasteiger partial charge in [0.1, 0.15) is 17.2 Å². The fourth-order valence-corrected chi connectivity index (χ4v) is 2.43. The number of pyridine rings is 1. The lowest BCUT2D eigenvalue weighted by molar-refractivity contribution is 0.288. The molecule has 0 saturated heterocycles. The highest BCUT2D eigenvalue weighted by molar-refractivity contribution is 5.76. The summed E-state index contributed by atoms with van der Waals surface area (Å²) in [6, 6.07) is 11.6. The lowest BCUT2D eigenvalue weighted by Crippen LogP contribution is -1.99. The molecule has 0 unspecified atom stereocenters. The number of fused-ring (bicyclic) bond motifs is 1. The number of nitrogens with two attached hydrogens (primary N) is 1. The summed E-state index contributed by atoms with van der Waals surface area (Å²) in [5.74, 6) is 2.05. The van der Waals surface area contributed by atoms with Crippen LogP contribution in [0.5, 0.6) is 11.5 Å². The van der Waals surface area contributed by atoms with Crippen molar-refractivity contribution in [3.8, 4) is 22.8 Å². The molecule has 0 spiro atoms. The van der Waals surface area contributed by atoms with Gasteiger partial charge in [0, 0.05) is 11.8 Å². The van der Waals surface area contributed by atoms with Gasteiger partial charge in [-0.05, 0) is 44.2 Å². The molecule has 0 aliphatic carbocycles. The molecule has 1 aromatic carbocycles. The molecule has 0 aliphatic heterocycles. The van der Waals surface area contributed by atoms with Crippen molar-refractivity contribution in [3.63, 3.8) is 0 Å². The lowest BCUT2D eigenvalue weighted by atomic mass is 10.1. The van der Waals surface area contributed by atoms with Crippen LogP contribution in [0.3, 0.4) is 0 Å². The third-order valence-electron chi connectivity index (χ3n) is 3.38. The Hall–Kier alpha value is -2.69. The van der Waals surface area contributed by atoms with E-state index in [1.54, 1.807) is 0 Å². The molecule has 3 aromatic rings. The number of ether oxygens (including phenoxy) is 2.